The molecular formula is C16H17ClN2O. The van der Waals surface area contributed by atoms with Crippen molar-refractivity contribution in [3.8, 4) is 5.75 Å². The molecule has 4 heteroatoms. The van der Waals surface area contributed by atoms with E-state index in [0.717, 1.165) is 23.0 Å². The number of methoxy groups -OCH3 is 1. The first kappa shape index (κ1) is 13.3. The Hall–Kier alpha value is -1.71. The predicted molar refractivity (Wildman–Crippen MR) is 82.4 cm³/mol. The highest BCUT2D eigenvalue weighted by Gasteiger charge is 2.29. The third-order valence-electron chi connectivity index (χ3n) is 3.79. The predicted octanol–water partition coefficient (Wildman–Crippen LogP) is 3.37. The normalized spacial score (nSPS) is 17.1. The zero-order valence-electron chi connectivity index (χ0n) is 11.3. The molecule has 1 atom stereocenters. The van der Waals surface area contributed by atoms with Crippen molar-refractivity contribution in [1.29, 1.82) is 0 Å². The molecule has 1 aliphatic heterocycles. The minimum atomic E-state index is 0.163. The van der Waals surface area contributed by atoms with Gasteiger partial charge >= 0.3 is 0 Å². The molecule has 0 aromatic heterocycles. The topological polar surface area (TPSA) is 38.5 Å². The van der Waals surface area contributed by atoms with Gasteiger partial charge < -0.3 is 15.4 Å². The van der Waals surface area contributed by atoms with Gasteiger partial charge in [0.15, 0.2) is 0 Å². The van der Waals surface area contributed by atoms with Gasteiger partial charge in [0, 0.05) is 29.9 Å². The summed E-state index contributed by atoms with van der Waals surface area (Å²) >= 11 is 6.11. The largest absolute Gasteiger partial charge is 0.497 e. The van der Waals surface area contributed by atoms with E-state index in [9.17, 15) is 0 Å². The van der Waals surface area contributed by atoms with Gasteiger partial charge in [-0.2, -0.15) is 0 Å². The van der Waals surface area contributed by atoms with E-state index >= 15 is 0 Å². The van der Waals surface area contributed by atoms with Crippen LogP contribution in [0.3, 0.4) is 0 Å². The number of ether oxygens (including phenoxy) is 1. The van der Waals surface area contributed by atoms with Crippen molar-refractivity contribution in [3.05, 3.63) is 58.6 Å². The molecule has 3 rings (SSSR count). The van der Waals surface area contributed by atoms with E-state index < -0.39 is 0 Å². The Labute approximate surface area is 123 Å². The van der Waals surface area contributed by atoms with Crippen LogP contribution in [0, 0.1) is 0 Å². The number of nitrogens with two attached hydrogens (primary N) is 1. The summed E-state index contributed by atoms with van der Waals surface area (Å²) in [6.45, 7) is 1.41. The molecule has 1 aliphatic rings. The lowest BCUT2D eigenvalue weighted by Gasteiger charge is -2.26. The zero-order valence-corrected chi connectivity index (χ0v) is 12.1. The van der Waals surface area contributed by atoms with Crippen molar-refractivity contribution in [2.75, 3.05) is 18.6 Å². The molecule has 0 spiro atoms. The summed E-state index contributed by atoms with van der Waals surface area (Å²) in [6.07, 6.45) is 0. The molecule has 3 nitrogen and oxygen atoms in total. The van der Waals surface area contributed by atoms with E-state index in [1.54, 1.807) is 7.11 Å². The van der Waals surface area contributed by atoms with E-state index in [2.05, 4.69) is 17.0 Å². The van der Waals surface area contributed by atoms with Crippen LogP contribution in [0.25, 0.3) is 0 Å². The van der Waals surface area contributed by atoms with Gasteiger partial charge in [0.25, 0.3) is 0 Å². The maximum Gasteiger partial charge on any atom is 0.120 e. The van der Waals surface area contributed by atoms with Crippen molar-refractivity contribution in [1.82, 2.24) is 0 Å². The van der Waals surface area contributed by atoms with Crippen molar-refractivity contribution in [2.45, 2.75) is 12.6 Å². The fraction of sp³-hybridized carbons (Fsp3) is 0.250. The minimum Gasteiger partial charge on any atom is -0.497 e. The lowest BCUT2D eigenvalue weighted by molar-refractivity contribution is 0.414. The van der Waals surface area contributed by atoms with Gasteiger partial charge in [-0.1, -0.05) is 23.7 Å². The van der Waals surface area contributed by atoms with Crippen LogP contribution in [0.2, 0.25) is 5.02 Å². The molecule has 1 unspecified atom stereocenters. The summed E-state index contributed by atoms with van der Waals surface area (Å²) in [7, 11) is 1.68. The number of benzene rings is 2. The average molecular weight is 289 g/mol. The molecule has 0 saturated heterocycles. The zero-order chi connectivity index (χ0) is 14.1. The van der Waals surface area contributed by atoms with Crippen LogP contribution in [0.4, 0.5) is 5.69 Å². The van der Waals surface area contributed by atoms with Gasteiger partial charge in [0.2, 0.25) is 0 Å². The Morgan fingerprint density at radius 1 is 1.30 bits per heavy atom. The first-order valence-corrected chi connectivity index (χ1v) is 7.00. The van der Waals surface area contributed by atoms with Gasteiger partial charge in [-0.3, -0.25) is 0 Å². The maximum atomic E-state index is 6.11. The van der Waals surface area contributed by atoms with Crippen molar-refractivity contribution in [2.24, 2.45) is 5.73 Å². The van der Waals surface area contributed by atoms with Crippen LogP contribution in [-0.4, -0.2) is 13.7 Å². The van der Waals surface area contributed by atoms with Crippen LogP contribution in [0.15, 0.2) is 42.5 Å². The smallest absolute Gasteiger partial charge is 0.120 e. The number of fused-ring (bicyclic) bond motifs is 1. The summed E-state index contributed by atoms with van der Waals surface area (Å²) in [5.74, 6) is 0.854. The van der Waals surface area contributed by atoms with E-state index in [1.165, 1.54) is 11.1 Å². The molecule has 2 aromatic carbocycles. The standard InChI is InChI=1S/C16H17ClN2O/c1-20-14-4-2-3-13(8-14)19-10-11-5-6-12(17)7-15(11)16(19)9-18/h2-8,16H,9-10,18H2,1H3. The molecular weight excluding hydrogens is 272 g/mol. The molecule has 0 amide bonds. The lowest BCUT2D eigenvalue weighted by Crippen LogP contribution is -2.27. The highest BCUT2D eigenvalue weighted by molar-refractivity contribution is 6.30. The molecule has 0 aliphatic carbocycles. The third kappa shape index (κ3) is 2.23. The van der Waals surface area contributed by atoms with Gasteiger partial charge in [0.05, 0.1) is 13.2 Å². The van der Waals surface area contributed by atoms with Crippen LogP contribution >= 0.6 is 11.6 Å². The summed E-state index contributed by atoms with van der Waals surface area (Å²) in [5, 5.41) is 0.759. The monoisotopic (exact) mass is 288 g/mol. The molecule has 104 valence electrons. The van der Waals surface area contributed by atoms with E-state index in [1.807, 2.05) is 30.3 Å². The number of nitrogens with zero attached hydrogens (tertiary/aromatic N) is 1. The molecule has 0 fully saturated rings. The molecule has 2 aromatic rings. The van der Waals surface area contributed by atoms with Gasteiger partial charge in [0.1, 0.15) is 5.75 Å². The minimum absolute atomic E-state index is 0.163. The maximum absolute atomic E-state index is 6.11. The first-order valence-electron chi connectivity index (χ1n) is 6.62. The Morgan fingerprint density at radius 2 is 2.15 bits per heavy atom. The average Bonchev–Trinajstić information content (AvgIpc) is 2.85. The van der Waals surface area contributed by atoms with Crippen molar-refractivity contribution in [3.63, 3.8) is 0 Å². The van der Waals surface area contributed by atoms with E-state index in [4.69, 9.17) is 22.1 Å². The summed E-state index contributed by atoms with van der Waals surface area (Å²) < 4.78 is 5.30. The molecule has 0 bridgehead atoms. The second-order valence-electron chi connectivity index (χ2n) is 4.92. The molecule has 2 N–H and O–H groups in total. The van der Waals surface area contributed by atoms with Crippen LogP contribution in [0.5, 0.6) is 5.75 Å². The van der Waals surface area contributed by atoms with Crippen LogP contribution in [0.1, 0.15) is 17.2 Å². The first-order chi connectivity index (χ1) is 9.72. The fourth-order valence-corrected chi connectivity index (χ4v) is 2.98. The number of hydrogen-bond acceptors (Lipinski definition) is 3. The number of halogens is 1. The fourth-order valence-electron chi connectivity index (χ4n) is 2.80. The van der Waals surface area contributed by atoms with Gasteiger partial charge in [-0.15, -0.1) is 0 Å². The number of hydrogen-bond donors (Lipinski definition) is 1. The molecule has 0 saturated carbocycles. The summed E-state index contributed by atoms with van der Waals surface area (Å²) in [6, 6.07) is 14.3. The van der Waals surface area contributed by atoms with Crippen LogP contribution < -0.4 is 15.4 Å². The number of rotatable bonds is 3. The Morgan fingerprint density at radius 3 is 2.90 bits per heavy atom. The van der Waals surface area contributed by atoms with E-state index in [-0.39, 0.29) is 6.04 Å². The Balaban J connectivity index is 1.99. The molecule has 20 heavy (non-hydrogen) atoms. The lowest BCUT2D eigenvalue weighted by atomic mass is 10.1. The highest BCUT2D eigenvalue weighted by Crippen LogP contribution is 2.38. The SMILES string of the molecule is COc1cccc(N2Cc3ccc(Cl)cc3C2CN)c1. The second-order valence-corrected chi connectivity index (χ2v) is 5.36. The molecule has 1 heterocycles. The molecule has 0 radical (unpaired) electrons. The Bertz CT molecular complexity index is 630. The van der Waals surface area contributed by atoms with E-state index in [0.29, 0.717) is 6.54 Å². The van der Waals surface area contributed by atoms with Crippen molar-refractivity contribution < 1.29 is 4.74 Å². The third-order valence-corrected chi connectivity index (χ3v) is 4.03. The quantitative estimate of drug-likeness (QED) is 0.941. The van der Waals surface area contributed by atoms with Crippen molar-refractivity contribution >= 4 is 17.3 Å². The summed E-state index contributed by atoms with van der Waals surface area (Å²) in [4.78, 5) is 2.30. The summed E-state index contributed by atoms with van der Waals surface area (Å²) in [5.41, 5.74) is 9.61. The van der Waals surface area contributed by atoms with Crippen LogP contribution in [-0.2, 0) is 6.54 Å². The number of anilines is 1. The second kappa shape index (κ2) is 5.35. The Kier molecular flexibility index (Phi) is 3.55. The van der Waals surface area contributed by atoms with Gasteiger partial charge in [-0.25, -0.2) is 0 Å². The van der Waals surface area contributed by atoms with Gasteiger partial charge in [-0.05, 0) is 35.4 Å². The highest BCUT2D eigenvalue weighted by atomic mass is 35.5.